The van der Waals surface area contributed by atoms with Crippen LogP contribution in [0.1, 0.15) is 25.7 Å². The number of ether oxygens (including phenoxy) is 1. The Hall–Kier alpha value is -0.770. The number of carbonyl (C=O) groups is 1. The molecule has 1 amide bonds. The van der Waals surface area contributed by atoms with Crippen LogP contribution in [0.25, 0.3) is 0 Å². The summed E-state index contributed by atoms with van der Waals surface area (Å²) < 4.78 is 4.48. The molecular formula is C10H20N2O2. The lowest BCUT2D eigenvalue weighted by molar-refractivity contribution is 0.170. The van der Waals surface area contributed by atoms with Gasteiger partial charge in [-0.1, -0.05) is 0 Å². The van der Waals surface area contributed by atoms with Gasteiger partial charge in [0.1, 0.15) is 0 Å². The van der Waals surface area contributed by atoms with Crippen LogP contribution in [-0.4, -0.2) is 32.8 Å². The molecule has 1 saturated heterocycles. The zero-order valence-corrected chi connectivity index (χ0v) is 8.84. The summed E-state index contributed by atoms with van der Waals surface area (Å²) in [6, 6.07) is 0. The van der Waals surface area contributed by atoms with Crippen molar-refractivity contribution in [3.05, 3.63) is 0 Å². The molecule has 1 heterocycles. The molecule has 0 bridgehead atoms. The molecule has 0 aromatic rings. The molecule has 1 aliphatic rings. The molecule has 0 radical (unpaired) electrons. The largest absolute Gasteiger partial charge is 0.453 e. The summed E-state index contributed by atoms with van der Waals surface area (Å²) in [5, 5.41) is 6.04. The number of alkyl carbamates (subject to hydrolysis) is 1. The number of methoxy groups -OCH3 is 1. The summed E-state index contributed by atoms with van der Waals surface area (Å²) in [6.45, 7) is 3.03. The average molecular weight is 200 g/mol. The summed E-state index contributed by atoms with van der Waals surface area (Å²) in [6.07, 6.45) is 4.50. The second-order valence-corrected chi connectivity index (χ2v) is 3.75. The average Bonchev–Trinajstić information content (AvgIpc) is 2.25. The molecule has 1 rings (SSSR count). The highest BCUT2D eigenvalue weighted by Gasteiger charge is 2.12. The molecule has 0 aliphatic carbocycles. The van der Waals surface area contributed by atoms with Crippen LogP contribution in [0.15, 0.2) is 0 Å². The predicted molar refractivity (Wildman–Crippen MR) is 55.2 cm³/mol. The minimum absolute atomic E-state index is 0.324. The maximum Gasteiger partial charge on any atom is 0.406 e. The summed E-state index contributed by atoms with van der Waals surface area (Å²) in [5.74, 6) is 0.843. The van der Waals surface area contributed by atoms with E-state index in [9.17, 15) is 4.79 Å². The summed E-state index contributed by atoms with van der Waals surface area (Å²) >= 11 is 0. The lowest BCUT2D eigenvalue weighted by Gasteiger charge is -2.22. The van der Waals surface area contributed by atoms with Crippen molar-refractivity contribution in [1.82, 2.24) is 10.6 Å². The van der Waals surface area contributed by atoms with Gasteiger partial charge in [0.2, 0.25) is 0 Å². The Bertz CT molecular complexity index is 168. The Morgan fingerprint density at radius 3 is 2.86 bits per heavy atom. The van der Waals surface area contributed by atoms with Gasteiger partial charge >= 0.3 is 6.09 Å². The first-order valence-corrected chi connectivity index (χ1v) is 5.35. The molecule has 4 heteroatoms. The van der Waals surface area contributed by atoms with Crippen molar-refractivity contribution in [2.45, 2.75) is 25.7 Å². The smallest absolute Gasteiger partial charge is 0.406 e. The van der Waals surface area contributed by atoms with E-state index < -0.39 is 0 Å². The number of amides is 1. The van der Waals surface area contributed by atoms with Crippen molar-refractivity contribution in [2.24, 2.45) is 5.92 Å². The normalized spacial score (nSPS) is 17.8. The zero-order chi connectivity index (χ0) is 10.2. The Morgan fingerprint density at radius 1 is 1.50 bits per heavy atom. The highest BCUT2D eigenvalue weighted by molar-refractivity contribution is 5.66. The Kier molecular flexibility index (Phi) is 5.37. The Balaban J connectivity index is 1.94. The summed E-state index contributed by atoms with van der Waals surface area (Å²) in [7, 11) is 1.39. The minimum atomic E-state index is -0.324. The Labute approximate surface area is 85.4 Å². The maximum absolute atomic E-state index is 10.7. The van der Waals surface area contributed by atoms with E-state index in [0.29, 0.717) is 0 Å². The number of carbonyl (C=O) groups excluding carboxylic acids is 1. The lowest BCUT2D eigenvalue weighted by atomic mass is 9.93. The maximum atomic E-state index is 10.7. The van der Waals surface area contributed by atoms with E-state index in [4.69, 9.17) is 0 Å². The molecule has 0 atom stereocenters. The molecule has 0 saturated carbocycles. The van der Waals surface area contributed by atoms with Gasteiger partial charge in [-0.3, -0.25) is 0 Å². The summed E-state index contributed by atoms with van der Waals surface area (Å²) in [4.78, 5) is 10.7. The van der Waals surface area contributed by atoms with Gasteiger partial charge in [-0.15, -0.1) is 0 Å². The minimum Gasteiger partial charge on any atom is -0.453 e. The third-order valence-corrected chi connectivity index (χ3v) is 2.70. The molecule has 1 fully saturated rings. The number of hydrogen-bond acceptors (Lipinski definition) is 3. The molecule has 1 aliphatic heterocycles. The molecular weight excluding hydrogens is 180 g/mol. The quantitative estimate of drug-likeness (QED) is 0.669. The van der Waals surface area contributed by atoms with Gasteiger partial charge < -0.3 is 15.4 Å². The van der Waals surface area contributed by atoms with E-state index in [1.54, 1.807) is 0 Å². The van der Waals surface area contributed by atoms with Gasteiger partial charge in [-0.05, 0) is 44.7 Å². The standard InChI is InChI=1S/C10H20N2O2/c1-14-10(13)12-6-2-3-9-4-7-11-8-5-9/h9,11H,2-8H2,1H3,(H,12,13). The van der Waals surface area contributed by atoms with Crippen LogP contribution in [0.3, 0.4) is 0 Å². The van der Waals surface area contributed by atoms with E-state index in [0.717, 1.165) is 32.0 Å². The molecule has 0 aromatic carbocycles. The fraction of sp³-hybridized carbons (Fsp3) is 0.900. The van der Waals surface area contributed by atoms with Gasteiger partial charge in [-0.25, -0.2) is 4.79 Å². The van der Waals surface area contributed by atoms with E-state index in [1.807, 2.05) is 0 Å². The van der Waals surface area contributed by atoms with Gasteiger partial charge in [0.05, 0.1) is 7.11 Å². The van der Waals surface area contributed by atoms with Gasteiger partial charge in [-0.2, -0.15) is 0 Å². The second kappa shape index (κ2) is 6.65. The van der Waals surface area contributed by atoms with Crippen LogP contribution in [0.2, 0.25) is 0 Å². The summed E-state index contributed by atoms with van der Waals surface area (Å²) in [5.41, 5.74) is 0. The van der Waals surface area contributed by atoms with Crippen LogP contribution in [0.5, 0.6) is 0 Å². The van der Waals surface area contributed by atoms with Crippen LogP contribution in [-0.2, 0) is 4.74 Å². The van der Waals surface area contributed by atoms with Crippen molar-refractivity contribution >= 4 is 6.09 Å². The van der Waals surface area contributed by atoms with E-state index in [2.05, 4.69) is 15.4 Å². The predicted octanol–water partition coefficient (Wildman–Crippen LogP) is 1.12. The molecule has 2 N–H and O–H groups in total. The molecule has 4 nitrogen and oxygen atoms in total. The zero-order valence-electron chi connectivity index (χ0n) is 8.84. The van der Waals surface area contributed by atoms with Gasteiger partial charge in [0.15, 0.2) is 0 Å². The van der Waals surface area contributed by atoms with Gasteiger partial charge in [0, 0.05) is 6.54 Å². The van der Waals surface area contributed by atoms with E-state index >= 15 is 0 Å². The SMILES string of the molecule is COC(=O)NCCCC1CCNCC1. The number of piperidine rings is 1. The number of nitrogens with one attached hydrogen (secondary N) is 2. The third kappa shape index (κ3) is 4.46. The fourth-order valence-corrected chi connectivity index (χ4v) is 1.82. The van der Waals surface area contributed by atoms with E-state index in [1.165, 1.54) is 26.4 Å². The first-order chi connectivity index (χ1) is 6.83. The molecule has 82 valence electrons. The monoisotopic (exact) mass is 200 g/mol. The van der Waals surface area contributed by atoms with Crippen LogP contribution < -0.4 is 10.6 Å². The fourth-order valence-electron chi connectivity index (χ4n) is 1.82. The van der Waals surface area contributed by atoms with Crippen LogP contribution >= 0.6 is 0 Å². The van der Waals surface area contributed by atoms with Crippen molar-refractivity contribution in [3.63, 3.8) is 0 Å². The topological polar surface area (TPSA) is 50.4 Å². The van der Waals surface area contributed by atoms with Crippen molar-refractivity contribution < 1.29 is 9.53 Å². The second-order valence-electron chi connectivity index (χ2n) is 3.75. The van der Waals surface area contributed by atoms with Crippen molar-refractivity contribution in [1.29, 1.82) is 0 Å². The first kappa shape index (κ1) is 11.3. The Morgan fingerprint density at radius 2 is 2.21 bits per heavy atom. The van der Waals surface area contributed by atoms with Crippen molar-refractivity contribution in [3.8, 4) is 0 Å². The lowest BCUT2D eigenvalue weighted by Crippen LogP contribution is -2.29. The molecule has 0 aromatic heterocycles. The highest BCUT2D eigenvalue weighted by atomic mass is 16.5. The number of hydrogen-bond donors (Lipinski definition) is 2. The number of rotatable bonds is 4. The van der Waals surface area contributed by atoms with E-state index in [-0.39, 0.29) is 6.09 Å². The highest BCUT2D eigenvalue weighted by Crippen LogP contribution is 2.16. The molecule has 0 spiro atoms. The first-order valence-electron chi connectivity index (χ1n) is 5.35. The van der Waals surface area contributed by atoms with Crippen molar-refractivity contribution in [2.75, 3.05) is 26.7 Å². The van der Waals surface area contributed by atoms with Gasteiger partial charge in [0.25, 0.3) is 0 Å². The van der Waals surface area contributed by atoms with Crippen LogP contribution in [0.4, 0.5) is 4.79 Å². The molecule has 14 heavy (non-hydrogen) atoms. The van der Waals surface area contributed by atoms with Crippen LogP contribution in [0, 0.1) is 5.92 Å². The third-order valence-electron chi connectivity index (χ3n) is 2.70. The molecule has 0 unspecified atom stereocenters.